The van der Waals surface area contributed by atoms with Crippen molar-refractivity contribution in [3.8, 4) is 0 Å². The molecule has 1 aromatic heterocycles. The van der Waals surface area contributed by atoms with E-state index >= 15 is 0 Å². The van der Waals surface area contributed by atoms with Gasteiger partial charge in [0.2, 0.25) is 0 Å². The minimum absolute atomic E-state index is 0.547. The maximum Gasteiger partial charge on any atom is 0.134 e. The lowest BCUT2D eigenvalue weighted by molar-refractivity contribution is 0.573. The van der Waals surface area contributed by atoms with Gasteiger partial charge in [0.15, 0.2) is 0 Å². The summed E-state index contributed by atoms with van der Waals surface area (Å²) in [5.74, 6) is 0.929. The molecule has 4 heteroatoms. The van der Waals surface area contributed by atoms with Gasteiger partial charge in [0.1, 0.15) is 11.3 Å². The number of anilines is 1. The van der Waals surface area contributed by atoms with Crippen LogP contribution in [0.2, 0.25) is 10.0 Å². The molecule has 0 radical (unpaired) electrons. The molecular weight excluding hydrogens is 293 g/mol. The number of hydrogen-bond donors (Lipinski definition) is 1. The quantitative estimate of drug-likeness (QED) is 0.675. The predicted molar refractivity (Wildman–Crippen MR) is 84.7 cm³/mol. The van der Waals surface area contributed by atoms with Crippen molar-refractivity contribution < 1.29 is 4.42 Å². The van der Waals surface area contributed by atoms with Gasteiger partial charge in [-0.05, 0) is 31.2 Å². The van der Waals surface area contributed by atoms with Gasteiger partial charge in [0.25, 0.3) is 0 Å². The first-order valence-electron chi connectivity index (χ1n) is 6.31. The minimum atomic E-state index is 0.547. The summed E-state index contributed by atoms with van der Waals surface area (Å²) < 4.78 is 5.74. The minimum Gasteiger partial charge on any atom is -0.461 e. The van der Waals surface area contributed by atoms with Crippen LogP contribution in [0.15, 0.2) is 46.9 Å². The lowest BCUT2D eigenvalue weighted by Gasteiger charge is -2.07. The van der Waals surface area contributed by atoms with Crippen molar-refractivity contribution in [1.82, 2.24) is 0 Å². The number of furan rings is 1. The molecule has 0 unspecified atom stereocenters. The maximum atomic E-state index is 6.01. The molecule has 3 aromatic rings. The van der Waals surface area contributed by atoms with Crippen molar-refractivity contribution in [3.05, 3.63) is 63.8 Å². The number of halogens is 2. The fraction of sp³-hybridized carbons (Fsp3) is 0.125. The van der Waals surface area contributed by atoms with Gasteiger partial charge >= 0.3 is 0 Å². The maximum absolute atomic E-state index is 6.01. The van der Waals surface area contributed by atoms with E-state index in [-0.39, 0.29) is 0 Å². The molecule has 1 heterocycles. The molecule has 1 N–H and O–H groups in total. The summed E-state index contributed by atoms with van der Waals surface area (Å²) in [6.45, 7) is 2.66. The summed E-state index contributed by atoms with van der Waals surface area (Å²) in [4.78, 5) is 0. The van der Waals surface area contributed by atoms with E-state index in [9.17, 15) is 0 Å². The number of rotatable bonds is 3. The Morgan fingerprint density at radius 1 is 1.05 bits per heavy atom. The van der Waals surface area contributed by atoms with Gasteiger partial charge in [0.05, 0.1) is 10.0 Å². The fourth-order valence-corrected chi connectivity index (χ4v) is 2.54. The zero-order valence-electron chi connectivity index (χ0n) is 10.9. The van der Waals surface area contributed by atoms with Gasteiger partial charge in [-0.1, -0.05) is 41.4 Å². The van der Waals surface area contributed by atoms with Crippen molar-refractivity contribution >= 4 is 39.9 Å². The van der Waals surface area contributed by atoms with Gasteiger partial charge < -0.3 is 9.73 Å². The summed E-state index contributed by atoms with van der Waals surface area (Å²) in [5.41, 5.74) is 3.01. The third-order valence-electron chi connectivity index (χ3n) is 3.29. The van der Waals surface area contributed by atoms with Crippen LogP contribution in [0, 0.1) is 6.92 Å². The van der Waals surface area contributed by atoms with Crippen molar-refractivity contribution in [2.24, 2.45) is 0 Å². The summed E-state index contributed by atoms with van der Waals surface area (Å²) >= 11 is 11.9. The fourth-order valence-electron chi connectivity index (χ4n) is 2.24. The van der Waals surface area contributed by atoms with E-state index in [1.165, 1.54) is 0 Å². The second kappa shape index (κ2) is 5.39. The first-order valence-corrected chi connectivity index (χ1v) is 7.06. The average molecular weight is 306 g/mol. The smallest absolute Gasteiger partial charge is 0.134 e. The molecule has 0 aliphatic carbocycles. The number of para-hydroxylation sites is 1. The summed E-state index contributed by atoms with van der Waals surface area (Å²) in [7, 11) is 0. The molecular formula is C16H13Cl2NO. The third kappa shape index (κ3) is 2.49. The molecule has 0 saturated carbocycles. The molecule has 0 aliphatic heterocycles. The number of benzene rings is 2. The summed E-state index contributed by atoms with van der Waals surface area (Å²) in [6, 6.07) is 13.5. The highest BCUT2D eigenvalue weighted by Crippen LogP contribution is 2.28. The number of hydrogen-bond acceptors (Lipinski definition) is 2. The van der Waals surface area contributed by atoms with Crippen LogP contribution in [0.4, 0.5) is 5.69 Å². The van der Waals surface area contributed by atoms with Crippen molar-refractivity contribution in [1.29, 1.82) is 0 Å². The first kappa shape index (κ1) is 13.3. The molecule has 0 saturated heterocycles. The standard InChI is InChI=1S/C16H13Cl2NO/c1-10-13(12-4-2-3-5-16(12)20-10)9-19-11-6-7-14(17)15(18)8-11/h2-8,19H,9H2,1H3. The van der Waals surface area contributed by atoms with Gasteiger partial charge in [-0.25, -0.2) is 0 Å². The Morgan fingerprint density at radius 2 is 1.85 bits per heavy atom. The molecule has 2 nitrogen and oxygen atoms in total. The molecule has 102 valence electrons. The van der Waals surface area contributed by atoms with Crippen LogP contribution in [-0.4, -0.2) is 0 Å². The van der Waals surface area contributed by atoms with E-state index in [4.69, 9.17) is 27.6 Å². The van der Waals surface area contributed by atoms with E-state index in [0.29, 0.717) is 16.6 Å². The number of fused-ring (bicyclic) bond motifs is 1. The van der Waals surface area contributed by atoms with Crippen molar-refractivity contribution in [2.45, 2.75) is 13.5 Å². The van der Waals surface area contributed by atoms with Crippen LogP contribution in [0.3, 0.4) is 0 Å². The van der Waals surface area contributed by atoms with Crippen LogP contribution < -0.4 is 5.32 Å². The van der Waals surface area contributed by atoms with Crippen LogP contribution in [-0.2, 0) is 6.54 Å². The van der Waals surface area contributed by atoms with Gasteiger partial charge in [-0.3, -0.25) is 0 Å². The van der Waals surface area contributed by atoms with E-state index < -0.39 is 0 Å². The largest absolute Gasteiger partial charge is 0.461 e. The molecule has 0 fully saturated rings. The third-order valence-corrected chi connectivity index (χ3v) is 4.03. The Labute approximate surface area is 127 Å². The van der Waals surface area contributed by atoms with Crippen LogP contribution in [0.25, 0.3) is 11.0 Å². The van der Waals surface area contributed by atoms with E-state index in [1.807, 2.05) is 37.3 Å². The molecule has 3 rings (SSSR count). The Bertz CT molecular complexity index is 764. The number of nitrogens with one attached hydrogen (secondary N) is 1. The van der Waals surface area contributed by atoms with Gasteiger partial charge in [-0.15, -0.1) is 0 Å². The monoisotopic (exact) mass is 305 g/mol. The molecule has 0 atom stereocenters. The SMILES string of the molecule is Cc1oc2ccccc2c1CNc1ccc(Cl)c(Cl)c1. The van der Waals surface area contributed by atoms with E-state index in [2.05, 4.69) is 11.4 Å². The highest BCUT2D eigenvalue weighted by Gasteiger charge is 2.10. The molecule has 2 aromatic carbocycles. The van der Waals surface area contributed by atoms with Crippen molar-refractivity contribution in [3.63, 3.8) is 0 Å². The first-order chi connectivity index (χ1) is 9.65. The lowest BCUT2D eigenvalue weighted by atomic mass is 10.1. The van der Waals surface area contributed by atoms with Gasteiger partial charge in [-0.2, -0.15) is 0 Å². The Kier molecular flexibility index (Phi) is 3.60. The predicted octanol–water partition coefficient (Wildman–Crippen LogP) is 5.66. The zero-order chi connectivity index (χ0) is 14.1. The number of aryl methyl sites for hydroxylation is 1. The highest BCUT2D eigenvalue weighted by molar-refractivity contribution is 6.42. The second-order valence-electron chi connectivity index (χ2n) is 4.62. The molecule has 0 aliphatic rings. The van der Waals surface area contributed by atoms with Crippen LogP contribution in [0.1, 0.15) is 11.3 Å². The average Bonchev–Trinajstić information content (AvgIpc) is 2.76. The summed E-state index contributed by atoms with van der Waals surface area (Å²) in [5, 5.41) is 5.59. The molecule has 20 heavy (non-hydrogen) atoms. The summed E-state index contributed by atoms with van der Waals surface area (Å²) in [6.07, 6.45) is 0. The Hall–Kier alpha value is -1.64. The molecule has 0 spiro atoms. The Balaban J connectivity index is 1.86. The topological polar surface area (TPSA) is 25.2 Å². The van der Waals surface area contributed by atoms with Crippen LogP contribution in [0.5, 0.6) is 0 Å². The lowest BCUT2D eigenvalue weighted by Crippen LogP contribution is -1.99. The molecule has 0 amide bonds. The zero-order valence-corrected chi connectivity index (χ0v) is 12.4. The normalized spacial score (nSPS) is 10.9. The highest BCUT2D eigenvalue weighted by atomic mass is 35.5. The Morgan fingerprint density at radius 3 is 2.65 bits per heavy atom. The van der Waals surface area contributed by atoms with Crippen molar-refractivity contribution in [2.75, 3.05) is 5.32 Å². The van der Waals surface area contributed by atoms with Crippen LogP contribution >= 0.6 is 23.2 Å². The van der Waals surface area contributed by atoms with E-state index in [1.54, 1.807) is 6.07 Å². The van der Waals surface area contributed by atoms with E-state index in [0.717, 1.165) is 28.0 Å². The second-order valence-corrected chi connectivity index (χ2v) is 5.43. The molecule has 0 bridgehead atoms. The van der Waals surface area contributed by atoms with Gasteiger partial charge in [0, 0.05) is 23.2 Å².